The van der Waals surface area contributed by atoms with Crippen LogP contribution in [0.2, 0.25) is 0 Å². The molecule has 1 atom stereocenters. The van der Waals surface area contributed by atoms with Crippen LogP contribution in [0.5, 0.6) is 0 Å². The van der Waals surface area contributed by atoms with Gasteiger partial charge < -0.3 is 5.32 Å². The van der Waals surface area contributed by atoms with Gasteiger partial charge in [0.05, 0.1) is 5.01 Å². The van der Waals surface area contributed by atoms with Crippen LogP contribution in [-0.2, 0) is 12.8 Å². The van der Waals surface area contributed by atoms with Gasteiger partial charge in [0.25, 0.3) is 0 Å². The van der Waals surface area contributed by atoms with Crippen molar-refractivity contribution >= 4 is 27.3 Å². The topological polar surface area (TPSA) is 24.9 Å². The molecular weight excluding hydrogens is 320 g/mol. The van der Waals surface area contributed by atoms with Crippen LogP contribution in [0.4, 0.5) is 0 Å². The minimum absolute atomic E-state index is 0.617. The third-order valence-corrected chi connectivity index (χ3v) is 4.55. The lowest BCUT2D eigenvalue weighted by Gasteiger charge is -2.15. The van der Waals surface area contributed by atoms with Crippen molar-refractivity contribution in [1.82, 2.24) is 10.3 Å². The summed E-state index contributed by atoms with van der Waals surface area (Å²) in [6.45, 7) is 3.10. The molecule has 0 spiro atoms. The zero-order chi connectivity index (χ0) is 13.7. The summed E-state index contributed by atoms with van der Waals surface area (Å²) in [5, 5.41) is 4.46. The van der Waals surface area contributed by atoms with Crippen molar-refractivity contribution in [3.63, 3.8) is 0 Å². The molecular formula is C15H19BrN2S. The van der Waals surface area contributed by atoms with Crippen LogP contribution in [0, 0.1) is 12.8 Å². The highest BCUT2D eigenvalue weighted by Crippen LogP contribution is 2.20. The van der Waals surface area contributed by atoms with Crippen LogP contribution in [0.15, 0.2) is 34.9 Å². The lowest BCUT2D eigenvalue weighted by atomic mass is 9.95. The predicted molar refractivity (Wildman–Crippen MR) is 85.8 cm³/mol. The first-order valence-electron chi connectivity index (χ1n) is 6.47. The van der Waals surface area contributed by atoms with Crippen LogP contribution in [0.1, 0.15) is 15.4 Å². The molecule has 2 aromatic rings. The minimum atomic E-state index is 0.617. The summed E-state index contributed by atoms with van der Waals surface area (Å²) >= 11 is 5.29. The highest BCUT2D eigenvalue weighted by Gasteiger charge is 2.11. The third kappa shape index (κ3) is 4.71. The molecule has 0 amide bonds. The first-order chi connectivity index (χ1) is 9.17. The van der Waals surface area contributed by atoms with Gasteiger partial charge >= 0.3 is 0 Å². The number of aryl methyl sites for hydroxylation is 1. The molecule has 0 fully saturated rings. The molecule has 2 rings (SSSR count). The molecule has 102 valence electrons. The number of hydrogen-bond donors (Lipinski definition) is 1. The Morgan fingerprint density at radius 2 is 2.00 bits per heavy atom. The third-order valence-electron chi connectivity index (χ3n) is 3.09. The second-order valence-electron chi connectivity index (χ2n) is 4.80. The summed E-state index contributed by atoms with van der Waals surface area (Å²) in [4.78, 5) is 5.72. The number of aromatic nitrogens is 1. The lowest BCUT2D eigenvalue weighted by molar-refractivity contribution is 0.496. The van der Waals surface area contributed by atoms with Crippen LogP contribution in [0.25, 0.3) is 0 Å². The molecule has 1 heterocycles. The van der Waals surface area contributed by atoms with E-state index in [1.54, 1.807) is 0 Å². The van der Waals surface area contributed by atoms with Gasteiger partial charge in [0.2, 0.25) is 0 Å². The normalized spacial score (nSPS) is 12.6. The van der Waals surface area contributed by atoms with E-state index in [1.807, 2.05) is 24.6 Å². The van der Waals surface area contributed by atoms with Crippen LogP contribution >= 0.6 is 27.3 Å². The fraction of sp³-hybridized carbons (Fsp3) is 0.400. The second-order valence-corrected chi connectivity index (χ2v) is 7.04. The van der Waals surface area contributed by atoms with Crippen molar-refractivity contribution in [3.05, 3.63) is 50.4 Å². The Morgan fingerprint density at radius 3 is 2.58 bits per heavy atom. The summed E-state index contributed by atoms with van der Waals surface area (Å²) in [6.07, 6.45) is 4.22. The van der Waals surface area contributed by atoms with Crippen LogP contribution < -0.4 is 5.32 Å². The summed E-state index contributed by atoms with van der Waals surface area (Å²) in [5.74, 6) is 0.617. The molecule has 1 aromatic carbocycles. The average molecular weight is 339 g/mol. The van der Waals surface area contributed by atoms with E-state index in [9.17, 15) is 0 Å². The van der Waals surface area contributed by atoms with E-state index in [0.29, 0.717) is 5.92 Å². The van der Waals surface area contributed by atoms with E-state index >= 15 is 0 Å². The number of hydrogen-bond acceptors (Lipinski definition) is 3. The van der Waals surface area contributed by atoms with Crippen LogP contribution in [-0.4, -0.2) is 18.6 Å². The molecule has 0 aliphatic carbocycles. The minimum Gasteiger partial charge on any atom is -0.319 e. The Morgan fingerprint density at radius 1 is 1.26 bits per heavy atom. The average Bonchev–Trinajstić information content (AvgIpc) is 2.78. The summed E-state index contributed by atoms with van der Waals surface area (Å²) in [6, 6.07) is 8.63. The molecule has 0 bridgehead atoms. The van der Waals surface area contributed by atoms with E-state index in [1.165, 1.54) is 10.4 Å². The zero-order valence-electron chi connectivity index (χ0n) is 11.3. The molecule has 0 radical (unpaired) electrons. The Labute approximate surface area is 127 Å². The highest BCUT2D eigenvalue weighted by atomic mass is 79.9. The van der Waals surface area contributed by atoms with E-state index in [4.69, 9.17) is 0 Å². The number of nitrogens with one attached hydrogen (secondary N) is 1. The smallest absolute Gasteiger partial charge is 0.0896 e. The Kier molecular flexibility index (Phi) is 5.55. The number of halogens is 1. The maximum absolute atomic E-state index is 4.34. The molecule has 2 nitrogen and oxygen atoms in total. The number of thiazole rings is 1. The molecule has 0 aliphatic heterocycles. The maximum Gasteiger partial charge on any atom is 0.0896 e. The lowest BCUT2D eigenvalue weighted by Crippen LogP contribution is -2.22. The van der Waals surface area contributed by atoms with E-state index in [2.05, 4.69) is 57.4 Å². The largest absolute Gasteiger partial charge is 0.319 e. The van der Waals surface area contributed by atoms with E-state index < -0.39 is 0 Å². The summed E-state index contributed by atoms with van der Waals surface area (Å²) < 4.78 is 1.14. The van der Waals surface area contributed by atoms with Gasteiger partial charge in [-0.25, -0.2) is 4.98 Å². The summed E-state index contributed by atoms with van der Waals surface area (Å²) in [7, 11) is 2.02. The van der Waals surface area contributed by atoms with Gasteiger partial charge in [-0.15, -0.1) is 11.3 Å². The SMILES string of the molecule is CNCC(Cc1ccc(Br)cc1)Cc1cnc(C)s1. The van der Waals surface area contributed by atoms with Gasteiger partial charge in [-0.3, -0.25) is 0 Å². The number of benzene rings is 1. The van der Waals surface area contributed by atoms with E-state index in [-0.39, 0.29) is 0 Å². The Hall–Kier alpha value is -0.710. The van der Waals surface area contributed by atoms with Crippen molar-refractivity contribution in [1.29, 1.82) is 0 Å². The van der Waals surface area contributed by atoms with Crippen molar-refractivity contribution in [2.75, 3.05) is 13.6 Å². The maximum atomic E-state index is 4.34. The Bertz CT molecular complexity index is 507. The van der Waals surface area contributed by atoms with Gasteiger partial charge in [0.15, 0.2) is 0 Å². The molecule has 0 saturated carbocycles. The number of rotatable bonds is 6. The quantitative estimate of drug-likeness (QED) is 0.865. The molecule has 19 heavy (non-hydrogen) atoms. The van der Waals surface area contributed by atoms with E-state index in [0.717, 1.165) is 28.9 Å². The first-order valence-corrected chi connectivity index (χ1v) is 8.08. The van der Waals surface area contributed by atoms with Gasteiger partial charge in [0, 0.05) is 15.5 Å². The predicted octanol–water partition coefficient (Wildman–Crippen LogP) is 3.83. The van der Waals surface area contributed by atoms with Gasteiger partial charge in [-0.05, 0) is 57.0 Å². The number of nitrogens with zero attached hydrogens (tertiary/aromatic N) is 1. The fourth-order valence-electron chi connectivity index (χ4n) is 2.24. The van der Waals surface area contributed by atoms with Gasteiger partial charge in [-0.1, -0.05) is 28.1 Å². The molecule has 4 heteroatoms. The Balaban J connectivity index is 2.01. The highest BCUT2D eigenvalue weighted by molar-refractivity contribution is 9.10. The van der Waals surface area contributed by atoms with Gasteiger partial charge in [0.1, 0.15) is 0 Å². The van der Waals surface area contributed by atoms with Crippen molar-refractivity contribution in [2.45, 2.75) is 19.8 Å². The summed E-state index contributed by atoms with van der Waals surface area (Å²) in [5.41, 5.74) is 1.39. The first kappa shape index (κ1) is 14.7. The molecule has 1 aromatic heterocycles. The van der Waals surface area contributed by atoms with Crippen molar-refractivity contribution in [3.8, 4) is 0 Å². The van der Waals surface area contributed by atoms with Crippen molar-refractivity contribution in [2.24, 2.45) is 5.92 Å². The molecule has 1 unspecified atom stereocenters. The standard InChI is InChI=1S/C15H19BrN2S/c1-11-18-10-15(19-11)8-13(9-17-2)7-12-3-5-14(16)6-4-12/h3-6,10,13,17H,7-9H2,1-2H3. The second kappa shape index (κ2) is 7.17. The zero-order valence-corrected chi connectivity index (χ0v) is 13.7. The fourth-order valence-corrected chi connectivity index (χ4v) is 3.42. The van der Waals surface area contributed by atoms with Crippen LogP contribution in [0.3, 0.4) is 0 Å². The molecule has 1 N–H and O–H groups in total. The van der Waals surface area contributed by atoms with Crippen molar-refractivity contribution < 1.29 is 0 Å². The molecule has 0 aliphatic rings. The monoisotopic (exact) mass is 338 g/mol. The molecule has 0 saturated heterocycles. The van der Waals surface area contributed by atoms with Gasteiger partial charge in [-0.2, -0.15) is 0 Å².